The van der Waals surface area contributed by atoms with Crippen molar-refractivity contribution >= 4 is 6.08 Å². The summed E-state index contributed by atoms with van der Waals surface area (Å²) < 4.78 is 19.2. The van der Waals surface area contributed by atoms with Gasteiger partial charge < -0.3 is 10.5 Å². The Bertz CT molecular complexity index is 552. The van der Waals surface area contributed by atoms with E-state index in [4.69, 9.17) is 10.5 Å². The monoisotopic (exact) mass is 257 g/mol. The van der Waals surface area contributed by atoms with E-state index in [2.05, 4.69) is 0 Å². The highest BCUT2D eigenvalue weighted by atomic mass is 19.1. The molecule has 0 aliphatic carbocycles. The average molecular weight is 257 g/mol. The highest BCUT2D eigenvalue weighted by Crippen LogP contribution is 2.20. The van der Waals surface area contributed by atoms with Crippen LogP contribution in [0.15, 0.2) is 54.6 Å². The number of hydrogen-bond donors (Lipinski definition) is 1. The van der Waals surface area contributed by atoms with Crippen LogP contribution in [0, 0.1) is 5.82 Å². The van der Waals surface area contributed by atoms with Gasteiger partial charge in [0.1, 0.15) is 6.61 Å². The first-order chi connectivity index (χ1) is 9.29. The average Bonchev–Trinajstić information content (AvgIpc) is 2.45. The second-order valence-corrected chi connectivity index (χ2v) is 4.10. The maximum atomic E-state index is 13.8. The van der Waals surface area contributed by atoms with E-state index in [0.29, 0.717) is 13.2 Å². The zero-order chi connectivity index (χ0) is 13.5. The van der Waals surface area contributed by atoms with Crippen molar-refractivity contribution in [3.05, 3.63) is 71.6 Å². The van der Waals surface area contributed by atoms with Crippen LogP contribution in [0.3, 0.4) is 0 Å². The fourth-order valence-corrected chi connectivity index (χ4v) is 1.68. The van der Waals surface area contributed by atoms with Gasteiger partial charge in [-0.3, -0.25) is 0 Å². The van der Waals surface area contributed by atoms with Crippen molar-refractivity contribution in [3.8, 4) is 5.75 Å². The highest BCUT2D eigenvalue weighted by molar-refractivity contribution is 5.51. The molecule has 0 aromatic heterocycles. The molecule has 19 heavy (non-hydrogen) atoms. The van der Waals surface area contributed by atoms with E-state index >= 15 is 0 Å². The van der Waals surface area contributed by atoms with E-state index in [1.165, 1.54) is 6.07 Å². The summed E-state index contributed by atoms with van der Waals surface area (Å²) in [5, 5.41) is 0. The molecule has 0 radical (unpaired) electrons. The molecule has 0 saturated carbocycles. The molecule has 3 heteroatoms. The van der Waals surface area contributed by atoms with Gasteiger partial charge in [-0.05, 0) is 23.3 Å². The van der Waals surface area contributed by atoms with E-state index in [1.54, 1.807) is 24.3 Å². The highest BCUT2D eigenvalue weighted by Gasteiger charge is 2.03. The van der Waals surface area contributed by atoms with E-state index < -0.39 is 0 Å². The maximum Gasteiger partial charge on any atom is 0.165 e. The van der Waals surface area contributed by atoms with E-state index in [0.717, 1.165) is 11.1 Å². The molecule has 0 heterocycles. The van der Waals surface area contributed by atoms with Crippen LogP contribution in [-0.4, -0.2) is 6.54 Å². The zero-order valence-corrected chi connectivity index (χ0v) is 10.6. The molecule has 2 nitrogen and oxygen atoms in total. The number of benzene rings is 2. The van der Waals surface area contributed by atoms with E-state index in [9.17, 15) is 4.39 Å². The largest absolute Gasteiger partial charge is 0.486 e. The summed E-state index contributed by atoms with van der Waals surface area (Å²) in [6, 6.07) is 14.5. The Kier molecular flexibility index (Phi) is 4.70. The molecule has 0 aliphatic heterocycles. The number of nitrogens with two attached hydrogens (primary N) is 1. The zero-order valence-electron chi connectivity index (χ0n) is 10.6. The molecule has 0 amide bonds. The van der Waals surface area contributed by atoms with Gasteiger partial charge >= 0.3 is 0 Å². The van der Waals surface area contributed by atoms with Gasteiger partial charge in [0.05, 0.1) is 0 Å². The fraction of sp³-hybridized carbons (Fsp3) is 0.125. The van der Waals surface area contributed by atoms with Gasteiger partial charge in [0.25, 0.3) is 0 Å². The standard InChI is InChI=1S/C16H16FNO/c17-15-11-13(7-4-10-18)8-9-16(15)19-12-14-5-2-1-3-6-14/h1-9,11H,10,12,18H2/b7-4+. The van der Waals surface area contributed by atoms with Crippen molar-refractivity contribution < 1.29 is 9.13 Å². The molecular weight excluding hydrogens is 241 g/mol. The summed E-state index contributed by atoms with van der Waals surface area (Å²) in [5.74, 6) is -0.108. The molecular formula is C16H16FNO. The molecule has 2 aromatic carbocycles. The van der Waals surface area contributed by atoms with Gasteiger partial charge in [-0.1, -0.05) is 48.6 Å². The lowest BCUT2D eigenvalue weighted by atomic mass is 10.2. The predicted octanol–water partition coefficient (Wildman–Crippen LogP) is 3.38. The lowest BCUT2D eigenvalue weighted by Gasteiger charge is -2.07. The van der Waals surface area contributed by atoms with Gasteiger partial charge in [-0.25, -0.2) is 4.39 Å². The number of halogens is 1. The molecule has 2 aromatic rings. The van der Waals surface area contributed by atoms with Crippen LogP contribution < -0.4 is 10.5 Å². The third kappa shape index (κ3) is 3.93. The van der Waals surface area contributed by atoms with Crippen molar-refractivity contribution in [1.29, 1.82) is 0 Å². The van der Waals surface area contributed by atoms with Gasteiger partial charge in [-0.15, -0.1) is 0 Å². The number of rotatable bonds is 5. The quantitative estimate of drug-likeness (QED) is 0.891. The summed E-state index contributed by atoms with van der Waals surface area (Å²) in [6.07, 6.45) is 3.56. The molecule has 2 N–H and O–H groups in total. The Morgan fingerprint density at radius 3 is 2.58 bits per heavy atom. The fourth-order valence-electron chi connectivity index (χ4n) is 1.68. The molecule has 0 spiro atoms. The lowest BCUT2D eigenvalue weighted by Crippen LogP contribution is -1.97. The second kappa shape index (κ2) is 6.71. The smallest absolute Gasteiger partial charge is 0.165 e. The Hall–Kier alpha value is -2.13. The Balaban J connectivity index is 2.03. The number of hydrogen-bond acceptors (Lipinski definition) is 2. The molecule has 0 unspecified atom stereocenters. The van der Waals surface area contributed by atoms with Crippen LogP contribution in [0.2, 0.25) is 0 Å². The molecule has 0 saturated heterocycles. The van der Waals surface area contributed by atoms with Crippen LogP contribution in [0.5, 0.6) is 5.75 Å². The topological polar surface area (TPSA) is 35.2 Å². The summed E-state index contributed by atoms with van der Waals surface area (Å²) in [5.41, 5.74) is 7.13. The van der Waals surface area contributed by atoms with Crippen molar-refractivity contribution in [1.82, 2.24) is 0 Å². The lowest BCUT2D eigenvalue weighted by molar-refractivity contribution is 0.290. The van der Waals surface area contributed by atoms with E-state index in [-0.39, 0.29) is 11.6 Å². The maximum absolute atomic E-state index is 13.8. The molecule has 0 bridgehead atoms. The molecule has 2 rings (SSSR count). The Labute approximate surface area is 112 Å². The molecule has 0 aliphatic rings. The van der Waals surface area contributed by atoms with Crippen LogP contribution in [0.25, 0.3) is 6.08 Å². The van der Waals surface area contributed by atoms with Crippen LogP contribution in [-0.2, 0) is 6.61 Å². The van der Waals surface area contributed by atoms with Gasteiger partial charge in [0.15, 0.2) is 11.6 Å². The van der Waals surface area contributed by atoms with Crippen molar-refractivity contribution in [3.63, 3.8) is 0 Å². The predicted molar refractivity (Wildman–Crippen MR) is 75.3 cm³/mol. The van der Waals surface area contributed by atoms with E-state index in [1.807, 2.05) is 30.3 Å². The minimum Gasteiger partial charge on any atom is -0.486 e. The first-order valence-electron chi connectivity index (χ1n) is 6.12. The van der Waals surface area contributed by atoms with Crippen molar-refractivity contribution in [2.24, 2.45) is 5.73 Å². The minimum atomic E-state index is -0.366. The third-order valence-corrected chi connectivity index (χ3v) is 2.64. The first-order valence-corrected chi connectivity index (χ1v) is 6.12. The van der Waals surface area contributed by atoms with Crippen molar-refractivity contribution in [2.45, 2.75) is 6.61 Å². The molecule has 0 atom stereocenters. The van der Waals surface area contributed by atoms with Gasteiger partial charge in [0.2, 0.25) is 0 Å². The number of ether oxygens (including phenoxy) is 1. The Morgan fingerprint density at radius 1 is 1.11 bits per heavy atom. The summed E-state index contributed by atoms with van der Waals surface area (Å²) >= 11 is 0. The summed E-state index contributed by atoms with van der Waals surface area (Å²) in [6.45, 7) is 0.795. The van der Waals surface area contributed by atoms with Gasteiger partial charge in [0, 0.05) is 6.54 Å². The van der Waals surface area contributed by atoms with Crippen LogP contribution in [0.1, 0.15) is 11.1 Å². The van der Waals surface area contributed by atoms with Crippen LogP contribution in [0.4, 0.5) is 4.39 Å². The van der Waals surface area contributed by atoms with Gasteiger partial charge in [-0.2, -0.15) is 0 Å². The molecule has 98 valence electrons. The SMILES string of the molecule is NC/C=C/c1ccc(OCc2ccccc2)c(F)c1. The minimum absolute atomic E-state index is 0.258. The normalized spacial score (nSPS) is 10.8. The second-order valence-electron chi connectivity index (χ2n) is 4.10. The molecule has 0 fully saturated rings. The van der Waals surface area contributed by atoms with Crippen LogP contribution >= 0.6 is 0 Å². The summed E-state index contributed by atoms with van der Waals surface area (Å²) in [4.78, 5) is 0. The summed E-state index contributed by atoms with van der Waals surface area (Å²) in [7, 11) is 0. The first kappa shape index (κ1) is 13.3. The Morgan fingerprint density at radius 2 is 1.89 bits per heavy atom. The van der Waals surface area contributed by atoms with Crippen molar-refractivity contribution in [2.75, 3.05) is 6.54 Å². The third-order valence-electron chi connectivity index (χ3n) is 2.64.